The van der Waals surface area contributed by atoms with E-state index in [1.807, 2.05) is 12.1 Å². The predicted molar refractivity (Wildman–Crippen MR) is 84.2 cm³/mol. The first-order valence-electron chi connectivity index (χ1n) is 7.85. The Morgan fingerprint density at radius 3 is 2.50 bits per heavy atom. The Bertz CT molecular complexity index is 384. The van der Waals surface area contributed by atoms with Gasteiger partial charge < -0.3 is 14.9 Å². The van der Waals surface area contributed by atoms with Crippen molar-refractivity contribution in [2.75, 3.05) is 33.2 Å². The second-order valence-electron chi connectivity index (χ2n) is 6.08. The fraction of sp³-hybridized carbons (Fsp3) is 0.647. The number of hydrogen-bond acceptors (Lipinski definition) is 3. The van der Waals surface area contributed by atoms with Gasteiger partial charge in [-0.15, -0.1) is 0 Å². The van der Waals surface area contributed by atoms with E-state index < -0.39 is 0 Å². The van der Waals surface area contributed by atoms with Gasteiger partial charge in [-0.05, 0) is 70.4 Å². The number of phenolic OH excluding ortho intramolecular Hbond substituents is 1. The van der Waals surface area contributed by atoms with Crippen LogP contribution in [0.4, 0.5) is 0 Å². The first-order valence-corrected chi connectivity index (χ1v) is 7.85. The van der Waals surface area contributed by atoms with Crippen LogP contribution in [0.25, 0.3) is 0 Å². The maximum atomic E-state index is 9.28. The van der Waals surface area contributed by atoms with Crippen LogP contribution in [0.3, 0.4) is 0 Å². The molecule has 1 heterocycles. The number of benzene rings is 1. The topological polar surface area (TPSA) is 26.7 Å². The largest absolute Gasteiger partial charge is 0.508 e. The molecule has 0 bridgehead atoms. The minimum absolute atomic E-state index is 0.351. The Labute approximate surface area is 123 Å². The summed E-state index contributed by atoms with van der Waals surface area (Å²) in [6, 6.07) is 8.19. The number of hydrogen-bond donors (Lipinski definition) is 1. The third-order valence-corrected chi connectivity index (χ3v) is 4.51. The number of nitrogens with zero attached hydrogens (tertiary/aromatic N) is 2. The summed E-state index contributed by atoms with van der Waals surface area (Å²) < 4.78 is 0. The number of rotatable bonds is 7. The average molecular weight is 276 g/mol. The van der Waals surface area contributed by atoms with Crippen LogP contribution in [0.1, 0.15) is 31.7 Å². The third kappa shape index (κ3) is 4.80. The Balaban J connectivity index is 1.67. The third-order valence-electron chi connectivity index (χ3n) is 4.51. The number of phenols is 1. The molecule has 112 valence electrons. The summed E-state index contributed by atoms with van der Waals surface area (Å²) >= 11 is 0. The van der Waals surface area contributed by atoms with Gasteiger partial charge in [0.25, 0.3) is 0 Å². The van der Waals surface area contributed by atoms with Gasteiger partial charge in [0.2, 0.25) is 0 Å². The molecule has 1 atom stereocenters. The molecule has 0 aliphatic carbocycles. The van der Waals surface area contributed by atoms with Gasteiger partial charge in [0.1, 0.15) is 5.75 Å². The van der Waals surface area contributed by atoms with Crippen LogP contribution in [-0.2, 0) is 6.42 Å². The van der Waals surface area contributed by atoms with Gasteiger partial charge in [-0.25, -0.2) is 0 Å². The quantitative estimate of drug-likeness (QED) is 0.829. The molecule has 0 spiro atoms. The number of aromatic hydroxyl groups is 1. The van der Waals surface area contributed by atoms with E-state index in [1.165, 1.54) is 44.5 Å². The van der Waals surface area contributed by atoms with Crippen LogP contribution in [-0.4, -0.2) is 54.2 Å². The molecule has 3 nitrogen and oxygen atoms in total. The summed E-state index contributed by atoms with van der Waals surface area (Å²) in [6.07, 6.45) is 5.00. The Kier molecular flexibility index (Phi) is 5.86. The van der Waals surface area contributed by atoms with Crippen LogP contribution in [0.5, 0.6) is 5.75 Å². The average Bonchev–Trinajstić information content (AvgIpc) is 2.97. The molecule has 1 aliphatic heterocycles. The molecule has 0 amide bonds. The smallest absolute Gasteiger partial charge is 0.115 e. The zero-order valence-electron chi connectivity index (χ0n) is 12.9. The lowest BCUT2D eigenvalue weighted by Crippen LogP contribution is -2.36. The monoisotopic (exact) mass is 276 g/mol. The summed E-state index contributed by atoms with van der Waals surface area (Å²) in [7, 11) is 2.23. The lowest BCUT2D eigenvalue weighted by atomic mass is 10.1. The molecule has 0 aromatic heterocycles. The number of likely N-dealkylation sites (tertiary alicyclic amines) is 1. The van der Waals surface area contributed by atoms with E-state index in [9.17, 15) is 5.11 Å². The first-order chi connectivity index (χ1) is 9.65. The lowest BCUT2D eigenvalue weighted by molar-refractivity contribution is 0.208. The van der Waals surface area contributed by atoms with Crippen molar-refractivity contribution in [3.05, 3.63) is 29.8 Å². The first kappa shape index (κ1) is 15.3. The Hall–Kier alpha value is -1.06. The van der Waals surface area contributed by atoms with Crippen molar-refractivity contribution >= 4 is 0 Å². The summed E-state index contributed by atoms with van der Waals surface area (Å²) in [5.41, 5.74) is 1.31. The highest BCUT2D eigenvalue weighted by molar-refractivity contribution is 5.25. The fourth-order valence-corrected chi connectivity index (χ4v) is 2.78. The number of likely N-dealkylation sites (N-methyl/N-ethyl adjacent to an activating group) is 1. The van der Waals surface area contributed by atoms with Crippen LogP contribution in [0.15, 0.2) is 24.3 Å². The highest BCUT2D eigenvalue weighted by Gasteiger charge is 2.14. The van der Waals surface area contributed by atoms with E-state index in [2.05, 4.69) is 23.8 Å². The maximum Gasteiger partial charge on any atom is 0.115 e. The molecule has 20 heavy (non-hydrogen) atoms. The molecule has 1 aromatic rings. The van der Waals surface area contributed by atoms with E-state index in [0.29, 0.717) is 11.8 Å². The maximum absolute atomic E-state index is 9.28. The molecule has 0 radical (unpaired) electrons. The van der Waals surface area contributed by atoms with Crippen molar-refractivity contribution in [1.29, 1.82) is 0 Å². The molecule has 1 saturated heterocycles. The van der Waals surface area contributed by atoms with E-state index >= 15 is 0 Å². The van der Waals surface area contributed by atoms with Crippen LogP contribution in [0.2, 0.25) is 0 Å². The van der Waals surface area contributed by atoms with Crippen molar-refractivity contribution in [2.45, 2.75) is 38.6 Å². The highest BCUT2D eigenvalue weighted by atomic mass is 16.3. The minimum Gasteiger partial charge on any atom is -0.508 e. The zero-order valence-corrected chi connectivity index (χ0v) is 12.9. The van der Waals surface area contributed by atoms with Gasteiger partial charge in [-0.1, -0.05) is 12.1 Å². The summed E-state index contributed by atoms with van der Waals surface area (Å²) in [4.78, 5) is 5.04. The second kappa shape index (κ2) is 7.65. The molecule has 1 fully saturated rings. The lowest BCUT2D eigenvalue weighted by Gasteiger charge is -2.27. The molecule has 1 aliphatic rings. The molecule has 1 aromatic carbocycles. The van der Waals surface area contributed by atoms with Gasteiger partial charge in [-0.3, -0.25) is 0 Å². The summed E-state index contributed by atoms with van der Waals surface area (Å²) in [5.74, 6) is 0.351. The van der Waals surface area contributed by atoms with E-state index in [0.717, 1.165) is 13.0 Å². The van der Waals surface area contributed by atoms with Crippen molar-refractivity contribution in [3.8, 4) is 5.75 Å². The standard InChI is InChI=1S/C17H28N2O/c1-15(5-6-16-7-9-17(20)10-8-16)18(2)13-14-19-11-3-4-12-19/h7-10,15,20H,3-6,11-14H2,1-2H3. The molecule has 2 rings (SSSR count). The zero-order chi connectivity index (χ0) is 14.4. The van der Waals surface area contributed by atoms with Crippen LogP contribution < -0.4 is 0 Å². The molecule has 0 saturated carbocycles. The van der Waals surface area contributed by atoms with Gasteiger partial charge in [-0.2, -0.15) is 0 Å². The second-order valence-corrected chi connectivity index (χ2v) is 6.08. The van der Waals surface area contributed by atoms with E-state index in [1.54, 1.807) is 12.1 Å². The molecule has 3 heteroatoms. The Morgan fingerprint density at radius 2 is 1.85 bits per heavy atom. The van der Waals surface area contributed by atoms with Gasteiger partial charge >= 0.3 is 0 Å². The molecule has 1 unspecified atom stereocenters. The Morgan fingerprint density at radius 1 is 1.20 bits per heavy atom. The normalized spacial score (nSPS) is 17.8. The number of aryl methyl sites for hydroxylation is 1. The van der Waals surface area contributed by atoms with Gasteiger partial charge in [0, 0.05) is 19.1 Å². The van der Waals surface area contributed by atoms with E-state index in [4.69, 9.17) is 0 Å². The van der Waals surface area contributed by atoms with Crippen LogP contribution >= 0.6 is 0 Å². The summed E-state index contributed by atoms with van der Waals surface area (Å²) in [5, 5.41) is 9.28. The van der Waals surface area contributed by atoms with Crippen LogP contribution in [0, 0.1) is 0 Å². The van der Waals surface area contributed by atoms with Gasteiger partial charge in [0.05, 0.1) is 0 Å². The van der Waals surface area contributed by atoms with Gasteiger partial charge in [0.15, 0.2) is 0 Å². The molecule has 1 N–H and O–H groups in total. The fourth-order valence-electron chi connectivity index (χ4n) is 2.78. The van der Waals surface area contributed by atoms with Crippen molar-refractivity contribution < 1.29 is 5.11 Å². The van der Waals surface area contributed by atoms with E-state index in [-0.39, 0.29) is 0 Å². The van der Waals surface area contributed by atoms with Crippen molar-refractivity contribution in [3.63, 3.8) is 0 Å². The highest BCUT2D eigenvalue weighted by Crippen LogP contribution is 2.13. The van der Waals surface area contributed by atoms with Crippen molar-refractivity contribution in [2.24, 2.45) is 0 Å². The van der Waals surface area contributed by atoms with Crippen molar-refractivity contribution in [1.82, 2.24) is 9.80 Å². The SMILES string of the molecule is CC(CCc1ccc(O)cc1)N(C)CCN1CCCC1. The minimum atomic E-state index is 0.351. The summed E-state index contributed by atoms with van der Waals surface area (Å²) in [6.45, 7) is 7.26. The molecular weight excluding hydrogens is 248 g/mol. The molecular formula is C17H28N2O. The predicted octanol–water partition coefficient (Wildman–Crippen LogP) is 2.74.